The van der Waals surface area contributed by atoms with Crippen molar-refractivity contribution in [3.05, 3.63) is 16.9 Å². The van der Waals surface area contributed by atoms with E-state index in [4.69, 9.17) is 11.6 Å². The van der Waals surface area contributed by atoms with Crippen LogP contribution in [0.5, 0.6) is 0 Å². The van der Waals surface area contributed by atoms with Crippen LogP contribution in [0.2, 0.25) is 5.02 Å². The van der Waals surface area contributed by atoms with Gasteiger partial charge in [0, 0.05) is 6.54 Å². The Morgan fingerprint density at radius 2 is 2.10 bits per heavy atom. The molecule has 20 heavy (non-hydrogen) atoms. The van der Waals surface area contributed by atoms with Gasteiger partial charge in [0.15, 0.2) is 0 Å². The molecule has 5 unspecified atom stereocenters. The first-order chi connectivity index (χ1) is 9.76. The van der Waals surface area contributed by atoms with E-state index in [-0.39, 0.29) is 0 Å². The molecule has 1 N–H and O–H groups in total. The third kappa shape index (κ3) is 1.72. The van der Waals surface area contributed by atoms with Crippen molar-refractivity contribution in [3.8, 4) is 0 Å². The maximum Gasteiger partial charge on any atom is 0.0834 e. The van der Waals surface area contributed by atoms with Gasteiger partial charge >= 0.3 is 0 Å². The van der Waals surface area contributed by atoms with Crippen molar-refractivity contribution in [1.29, 1.82) is 0 Å². The Morgan fingerprint density at radius 3 is 2.70 bits per heavy atom. The third-order valence-corrected chi connectivity index (χ3v) is 6.35. The van der Waals surface area contributed by atoms with E-state index in [0.29, 0.717) is 6.04 Å². The van der Waals surface area contributed by atoms with Crippen LogP contribution in [0, 0.1) is 29.6 Å². The van der Waals surface area contributed by atoms with Crippen molar-refractivity contribution in [2.75, 3.05) is 7.05 Å². The van der Waals surface area contributed by atoms with Crippen LogP contribution in [-0.4, -0.2) is 16.8 Å². The molecule has 0 radical (unpaired) electrons. The van der Waals surface area contributed by atoms with Gasteiger partial charge in [0.1, 0.15) is 0 Å². The van der Waals surface area contributed by atoms with Gasteiger partial charge in [-0.15, -0.1) is 0 Å². The van der Waals surface area contributed by atoms with E-state index in [9.17, 15) is 0 Å². The maximum absolute atomic E-state index is 6.45. The Morgan fingerprint density at radius 1 is 1.40 bits per heavy atom. The number of fused-ring (bicyclic) bond motifs is 5. The first kappa shape index (κ1) is 13.1. The molecule has 1 aromatic heterocycles. The fourth-order valence-corrected chi connectivity index (χ4v) is 5.68. The lowest BCUT2D eigenvalue weighted by Gasteiger charge is -2.22. The lowest BCUT2D eigenvalue weighted by molar-refractivity contribution is 0.366. The number of aryl methyl sites for hydroxylation is 1. The van der Waals surface area contributed by atoms with Crippen molar-refractivity contribution >= 4 is 11.6 Å². The minimum absolute atomic E-state index is 0.398. The fraction of sp³-hybridized carbons (Fsp3) is 0.812. The average molecular weight is 294 g/mol. The standard InChI is InChI=1S/C16H24ClN3/c1-3-6-20-16(11(17)8-19-20)15(18-2)14-12-9-4-5-10(7-9)13(12)14/h8-10,12-15,18H,3-7H2,1-2H3. The van der Waals surface area contributed by atoms with Crippen LogP contribution in [0.3, 0.4) is 0 Å². The second-order valence-corrected chi connectivity index (χ2v) is 7.34. The zero-order chi connectivity index (χ0) is 13.9. The van der Waals surface area contributed by atoms with Crippen LogP contribution in [0.1, 0.15) is 44.3 Å². The van der Waals surface area contributed by atoms with Gasteiger partial charge < -0.3 is 5.32 Å². The predicted octanol–water partition coefficient (Wildman–Crippen LogP) is 3.50. The molecule has 0 aromatic carbocycles. The largest absolute Gasteiger partial charge is 0.311 e. The molecular formula is C16H24ClN3. The van der Waals surface area contributed by atoms with E-state index in [2.05, 4.69) is 29.1 Å². The van der Waals surface area contributed by atoms with Gasteiger partial charge in [0.25, 0.3) is 0 Å². The molecule has 3 saturated carbocycles. The molecule has 1 heterocycles. The Balaban J connectivity index is 1.62. The minimum atomic E-state index is 0.398. The summed E-state index contributed by atoms with van der Waals surface area (Å²) in [6.45, 7) is 3.16. The normalized spacial score (nSPS) is 39.0. The fourth-order valence-electron chi connectivity index (χ4n) is 5.42. The van der Waals surface area contributed by atoms with Gasteiger partial charge in [-0.05, 0) is 62.3 Å². The molecule has 4 heteroatoms. The van der Waals surface area contributed by atoms with Crippen molar-refractivity contribution in [3.63, 3.8) is 0 Å². The first-order valence-corrected chi connectivity index (χ1v) is 8.52. The SMILES string of the molecule is CCCn1ncc(Cl)c1C(NC)C1C2C3CCC(C3)C21. The summed E-state index contributed by atoms with van der Waals surface area (Å²) >= 11 is 6.45. The number of aromatic nitrogens is 2. The molecule has 110 valence electrons. The summed E-state index contributed by atoms with van der Waals surface area (Å²) in [7, 11) is 2.08. The number of nitrogens with one attached hydrogen (secondary N) is 1. The molecule has 1 aromatic rings. The summed E-state index contributed by atoms with van der Waals surface area (Å²) in [4.78, 5) is 0. The monoisotopic (exact) mass is 293 g/mol. The zero-order valence-electron chi connectivity index (χ0n) is 12.3. The molecule has 2 bridgehead atoms. The molecule has 0 amide bonds. The first-order valence-electron chi connectivity index (χ1n) is 8.14. The van der Waals surface area contributed by atoms with Crippen molar-refractivity contribution < 1.29 is 0 Å². The van der Waals surface area contributed by atoms with E-state index in [1.807, 2.05) is 6.20 Å². The highest BCUT2D eigenvalue weighted by Crippen LogP contribution is 2.72. The Hall–Kier alpha value is -0.540. The van der Waals surface area contributed by atoms with Crippen LogP contribution < -0.4 is 5.32 Å². The molecule has 3 aliphatic rings. The van der Waals surface area contributed by atoms with E-state index in [1.54, 1.807) is 0 Å². The second kappa shape index (κ2) is 4.74. The second-order valence-electron chi connectivity index (χ2n) is 6.93. The van der Waals surface area contributed by atoms with E-state index < -0.39 is 0 Å². The topological polar surface area (TPSA) is 29.9 Å². The number of rotatable bonds is 5. The highest BCUT2D eigenvalue weighted by Gasteiger charge is 2.67. The summed E-state index contributed by atoms with van der Waals surface area (Å²) in [6.07, 6.45) is 7.37. The van der Waals surface area contributed by atoms with Crippen LogP contribution in [0.25, 0.3) is 0 Å². The molecule has 0 saturated heterocycles. The molecular weight excluding hydrogens is 270 g/mol. The summed E-state index contributed by atoms with van der Waals surface area (Å²) in [5.74, 6) is 4.75. The quantitative estimate of drug-likeness (QED) is 0.900. The molecule has 5 atom stereocenters. The molecule has 0 spiro atoms. The van der Waals surface area contributed by atoms with Crippen LogP contribution >= 0.6 is 11.6 Å². The van der Waals surface area contributed by atoms with Crippen LogP contribution in [0.15, 0.2) is 6.20 Å². The molecule has 0 aliphatic heterocycles. The zero-order valence-corrected chi connectivity index (χ0v) is 13.1. The number of halogens is 1. The number of hydrogen-bond donors (Lipinski definition) is 1. The molecule has 3 fully saturated rings. The van der Waals surface area contributed by atoms with Gasteiger partial charge in [-0.3, -0.25) is 4.68 Å². The van der Waals surface area contributed by atoms with Gasteiger partial charge in [0.05, 0.1) is 23.0 Å². The Labute approximate surface area is 126 Å². The Bertz CT molecular complexity index is 496. The third-order valence-electron chi connectivity index (χ3n) is 6.05. The molecule has 3 aliphatic carbocycles. The van der Waals surface area contributed by atoms with Crippen molar-refractivity contribution in [2.45, 2.75) is 45.2 Å². The van der Waals surface area contributed by atoms with E-state index >= 15 is 0 Å². The van der Waals surface area contributed by atoms with Gasteiger partial charge in [-0.1, -0.05) is 18.5 Å². The van der Waals surface area contributed by atoms with Crippen molar-refractivity contribution in [1.82, 2.24) is 15.1 Å². The van der Waals surface area contributed by atoms with Crippen LogP contribution in [-0.2, 0) is 6.54 Å². The molecule has 3 nitrogen and oxygen atoms in total. The molecule has 4 rings (SSSR count). The van der Waals surface area contributed by atoms with Gasteiger partial charge in [0.2, 0.25) is 0 Å². The number of nitrogens with zero attached hydrogens (tertiary/aromatic N) is 2. The van der Waals surface area contributed by atoms with Crippen molar-refractivity contribution in [2.24, 2.45) is 29.6 Å². The number of hydrogen-bond acceptors (Lipinski definition) is 2. The van der Waals surface area contributed by atoms with E-state index in [1.165, 1.54) is 25.0 Å². The predicted molar refractivity (Wildman–Crippen MR) is 80.6 cm³/mol. The minimum Gasteiger partial charge on any atom is -0.311 e. The maximum atomic E-state index is 6.45. The smallest absolute Gasteiger partial charge is 0.0834 e. The summed E-state index contributed by atoms with van der Waals surface area (Å²) < 4.78 is 2.12. The summed E-state index contributed by atoms with van der Waals surface area (Å²) in [5.41, 5.74) is 1.23. The van der Waals surface area contributed by atoms with E-state index in [0.717, 1.165) is 47.6 Å². The summed E-state index contributed by atoms with van der Waals surface area (Å²) in [5, 5.41) is 8.88. The highest BCUT2D eigenvalue weighted by atomic mass is 35.5. The van der Waals surface area contributed by atoms with Crippen LogP contribution in [0.4, 0.5) is 0 Å². The highest BCUT2D eigenvalue weighted by molar-refractivity contribution is 6.31. The lowest BCUT2D eigenvalue weighted by atomic mass is 9.95. The lowest BCUT2D eigenvalue weighted by Crippen LogP contribution is -2.25. The van der Waals surface area contributed by atoms with Gasteiger partial charge in [-0.25, -0.2) is 0 Å². The average Bonchev–Trinajstić information content (AvgIpc) is 2.77. The summed E-state index contributed by atoms with van der Waals surface area (Å²) in [6, 6.07) is 0.398. The van der Waals surface area contributed by atoms with Gasteiger partial charge in [-0.2, -0.15) is 5.10 Å². The Kier molecular flexibility index (Phi) is 3.11.